The molecule has 0 saturated heterocycles. The maximum atomic E-state index is 6.45. The first-order chi connectivity index (χ1) is 15.4. The van der Waals surface area contributed by atoms with E-state index in [1.807, 2.05) is 0 Å². The zero-order valence-electron chi connectivity index (χ0n) is 16.8. The molecule has 0 fully saturated rings. The van der Waals surface area contributed by atoms with Crippen LogP contribution < -0.4 is 0 Å². The molecular formula is C30H18O. The lowest BCUT2D eigenvalue weighted by Gasteiger charge is -2.12. The summed E-state index contributed by atoms with van der Waals surface area (Å²) in [5.74, 6) is 0. The van der Waals surface area contributed by atoms with Gasteiger partial charge in [-0.1, -0.05) is 84.9 Å². The minimum Gasteiger partial charge on any atom is -0.455 e. The van der Waals surface area contributed by atoms with Gasteiger partial charge in [-0.25, -0.2) is 0 Å². The molecule has 1 nitrogen and oxygen atoms in total. The van der Waals surface area contributed by atoms with Crippen molar-refractivity contribution in [3.8, 4) is 11.1 Å². The minimum atomic E-state index is 0.931. The summed E-state index contributed by atoms with van der Waals surface area (Å²) in [6.07, 6.45) is 0. The van der Waals surface area contributed by atoms with E-state index in [0.29, 0.717) is 0 Å². The fourth-order valence-electron chi connectivity index (χ4n) is 4.98. The van der Waals surface area contributed by atoms with Crippen molar-refractivity contribution in [2.24, 2.45) is 0 Å². The maximum Gasteiger partial charge on any atom is 0.143 e. The van der Waals surface area contributed by atoms with Crippen LogP contribution in [0.2, 0.25) is 0 Å². The van der Waals surface area contributed by atoms with E-state index in [0.717, 1.165) is 21.9 Å². The van der Waals surface area contributed by atoms with Crippen molar-refractivity contribution in [1.82, 2.24) is 0 Å². The summed E-state index contributed by atoms with van der Waals surface area (Å²) in [6.45, 7) is 0. The SMILES string of the molecule is c1ccc2c(-c3ccc4c(c3)oc3c5ccccc5ccc43)c3ccccc3cc2c1. The van der Waals surface area contributed by atoms with Gasteiger partial charge < -0.3 is 4.42 Å². The van der Waals surface area contributed by atoms with E-state index in [1.54, 1.807) is 0 Å². The molecule has 7 aromatic rings. The van der Waals surface area contributed by atoms with Crippen LogP contribution in [-0.2, 0) is 0 Å². The molecule has 0 amide bonds. The Morgan fingerprint density at radius 2 is 1.03 bits per heavy atom. The Hall–Kier alpha value is -4.10. The molecule has 0 unspecified atom stereocenters. The van der Waals surface area contributed by atoms with Crippen molar-refractivity contribution in [2.75, 3.05) is 0 Å². The van der Waals surface area contributed by atoms with Crippen LogP contribution in [0.15, 0.2) is 114 Å². The summed E-state index contributed by atoms with van der Waals surface area (Å²) in [6, 6.07) is 39.0. The molecule has 7 rings (SSSR count). The fraction of sp³-hybridized carbons (Fsp3) is 0. The highest BCUT2D eigenvalue weighted by atomic mass is 16.3. The summed E-state index contributed by atoms with van der Waals surface area (Å²) >= 11 is 0. The summed E-state index contributed by atoms with van der Waals surface area (Å²) in [5.41, 5.74) is 4.35. The molecule has 0 aliphatic rings. The van der Waals surface area contributed by atoms with Gasteiger partial charge in [-0.2, -0.15) is 0 Å². The molecule has 6 aromatic carbocycles. The molecule has 1 aromatic heterocycles. The monoisotopic (exact) mass is 394 g/mol. The molecule has 144 valence electrons. The summed E-state index contributed by atoms with van der Waals surface area (Å²) in [4.78, 5) is 0. The molecule has 0 saturated carbocycles. The average Bonchev–Trinajstić information content (AvgIpc) is 3.21. The first kappa shape index (κ1) is 16.7. The van der Waals surface area contributed by atoms with Gasteiger partial charge in [0.15, 0.2) is 0 Å². The second-order valence-electron chi connectivity index (χ2n) is 8.17. The van der Waals surface area contributed by atoms with E-state index in [2.05, 4.69) is 109 Å². The Morgan fingerprint density at radius 3 is 1.77 bits per heavy atom. The predicted octanol–water partition coefficient (Wildman–Crippen LogP) is 8.71. The summed E-state index contributed by atoms with van der Waals surface area (Å²) < 4.78 is 6.45. The zero-order valence-corrected chi connectivity index (χ0v) is 16.8. The van der Waals surface area contributed by atoms with Gasteiger partial charge in [0.2, 0.25) is 0 Å². The molecule has 0 aliphatic carbocycles. The maximum absolute atomic E-state index is 6.45. The summed E-state index contributed by atoms with van der Waals surface area (Å²) in [5, 5.41) is 9.74. The van der Waals surface area contributed by atoms with E-state index >= 15 is 0 Å². The van der Waals surface area contributed by atoms with Crippen molar-refractivity contribution in [2.45, 2.75) is 0 Å². The zero-order chi connectivity index (χ0) is 20.4. The molecule has 31 heavy (non-hydrogen) atoms. The highest BCUT2D eigenvalue weighted by molar-refractivity contribution is 6.17. The van der Waals surface area contributed by atoms with Gasteiger partial charge >= 0.3 is 0 Å². The van der Waals surface area contributed by atoms with Crippen molar-refractivity contribution in [1.29, 1.82) is 0 Å². The van der Waals surface area contributed by atoms with Crippen LogP contribution in [-0.4, -0.2) is 0 Å². The van der Waals surface area contributed by atoms with Crippen LogP contribution in [0.5, 0.6) is 0 Å². The number of hydrogen-bond acceptors (Lipinski definition) is 1. The van der Waals surface area contributed by atoms with Gasteiger partial charge in [-0.05, 0) is 62.3 Å². The van der Waals surface area contributed by atoms with E-state index in [-0.39, 0.29) is 0 Å². The predicted molar refractivity (Wildman–Crippen MR) is 132 cm³/mol. The first-order valence-electron chi connectivity index (χ1n) is 10.6. The van der Waals surface area contributed by atoms with Crippen LogP contribution in [0.1, 0.15) is 0 Å². The Kier molecular flexibility index (Phi) is 3.33. The van der Waals surface area contributed by atoms with E-state index < -0.39 is 0 Å². The minimum absolute atomic E-state index is 0.931. The Balaban J connectivity index is 1.58. The largest absolute Gasteiger partial charge is 0.455 e. The van der Waals surface area contributed by atoms with E-state index in [4.69, 9.17) is 4.42 Å². The molecule has 0 bridgehead atoms. The number of fused-ring (bicyclic) bond motifs is 7. The Bertz CT molecular complexity index is 1730. The highest BCUT2D eigenvalue weighted by Crippen LogP contribution is 2.40. The standard InChI is InChI=1S/C30H18O/c1-6-12-25-19(7-1)13-16-27-26-15-14-22(18-28(26)31-30(25)27)29-23-10-4-2-8-20(23)17-21-9-3-5-11-24(21)29/h1-18H. The third-order valence-corrected chi connectivity index (χ3v) is 6.42. The lowest BCUT2D eigenvalue weighted by molar-refractivity contribution is 0.673. The van der Waals surface area contributed by atoms with Gasteiger partial charge in [-0.15, -0.1) is 0 Å². The topological polar surface area (TPSA) is 13.1 Å². The van der Waals surface area contributed by atoms with Crippen molar-refractivity contribution in [3.63, 3.8) is 0 Å². The number of benzene rings is 6. The van der Waals surface area contributed by atoms with Gasteiger partial charge in [0, 0.05) is 16.2 Å². The van der Waals surface area contributed by atoms with Gasteiger partial charge in [-0.3, -0.25) is 0 Å². The average molecular weight is 394 g/mol. The number of rotatable bonds is 1. The highest BCUT2D eigenvalue weighted by Gasteiger charge is 2.14. The van der Waals surface area contributed by atoms with Crippen LogP contribution in [0.4, 0.5) is 0 Å². The van der Waals surface area contributed by atoms with Gasteiger partial charge in [0.1, 0.15) is 11.2 Å². The second-order valence-corrected chi connectivity index (χ2v) is 8.17. The third-order valence-electron chi connectivity index (χ3n) is 6.42. The molecule has 0 N–H and O–H groups in total. The third kappa shape index (κ3) is 2.38. The van der Waals surface area contributed by atoms with Crippen LogP contribution in [0.3, 0.4) is 0 Å². The van der Waals surface area contributed by atoms with Crippen LogP contribution in [0.25, 0.3) is 65.4 Å². The van der Waals surface area contributed by atoms with Gasteiger partial charge in [0.25, 0.3) is 0 Å². The molecule has 0 aliphatic heterocycles. The Labute approximate surface area is 179 Å². The van der Waals surface area contributed by atoms with Crippen molar-refractivity contribution >= 4 is 54.3 Å². The molecule has 1 heteroatoms. The summed E-state index contributed by atoms with van der Waals surface area (Å²) in [7, 11) is 0. The first-order valence-corrected chi connectivity index (χ1v) is 10.6. The molecule has 0 radical (unpaired) electrons. The van der Waals surface area contributed by atoms with Gasteiger partial charge in [0.05, 0.1) is 0 Å². The molecular weight excluding hydrogens is 376 g/mol. The number of furan rings is 1. The molecule has 0 atom stereocenters. The second kappa shape index (κ2) is 6.20. The van der Waals surface area contributed by atoms with E-state index in [9.17, 15) is 0 Å². The number of hydrogen-bond donors (Lipinski definition) is 0. The lowest BCUT2D eigenvalue weighted by Crippen LogP contribution is -1.85. The van der Waals surface area contributed by atoms with Crippen LogP contribution >= 0.6 is 0 Å². The van der Waals surface area contributed by atoms with Crippen LogP contribution in [0, 0.1) is 0 Å². The smallest absolute Gasteiger partial charge is 0.143 e. The van der Waals surface area contributed by atoms with Crippen molar-refractivity contribution < 1.29 is 4.42 Å². The molecule has 1 heterocycles. The lowest BCUT2D eigenvalue weighted by atomic mass is 9.91. The Morgan fingerprint density at radius 1 is 0.419 bits per heavy atom. The van der Waals surface area contributed by atoms with E-state index in [1.165, 1.54) is 43.4 Å². The molecule has 0 spiro atoms. The fourth-order valence-corrected chi connectivity index (χ4v) is 4.98. The van der Waals surface area contributed by atoms with Crippen molar-refractivity contribution in [3.05, 3.63) is 109 Å². The quantitative estimate of drug-likeness (QED) is 0.254. The normalized spacial score (nSPS) is 11.9.